The van der Waals surface area contributed by atoms with E-state index < -0.39 is 18.6 Å². The normalized spacial score (nSPS) is 12.2. The lowest BCUT2D eigenvalue weighted by Gasteiger charge is -2.18. The molecule has 218 valence electrons. The van der Waals surface area contributed by atoms with E-state index >= 15 is 0 Å². The Morgan fingerprint density at radius 1 is 1.15 bits per heavy atom. The van der Waals surface area contributed by atoms with Crippen LogP contribution in [0.1, 0.15) is 68.7 Å². The van der Waals surface area contributed by atoms with Crippen molar-refractivity contribution in [1.29, 1.82) is 0 Å². The molecule has 0 aliphatic heterocycles. The number of aliphatic hydroxyl groups excluding tert-OH is 2. The molecule has 0 saturated carbocycles. The summed E-state index contributed by atoms with van der Waals surface area (Å²) in [5.74, 6) is 1.50. The van der Waals surface area contributed by atoms with E-state index in [2.05, 4.69) is 61.4 Å². The summed E-state index contributed by atoms with van der Waals surface area (Å²) in [7, 11) is 2.15. The minimum Gasteiger partial charge on any atom is -0.490 e. The van der Waals surface area contributed by atoms with Crippen molar-refractivity contribution in [1.82, 2.24) is 20.4 Å². The Morgan fingerprint density at radius 2 is 1.93 bits per heavy atom. The molecule has 1 atom stereocenters. The molecule has 9 nitrogen and oxygen atoms in total. The van der Waals surface area contributed by atoms with E-state index in [1.165, 1.54) is 24.0 Å². The van der Waals surface area contributed by atoms with Crippen LogP contribution in [-0.4, -0.2) is 70.6 Å². The number of aromatic nitrogens is 2. The topological polar surface area (TPSA) is 121 Å². The molecule has 0 bridgehead atoms. The average molecular weight is 553 g/mol. The van der Waals surface area contributed by atoms with Gasteiger partial charge in [-0.05, 0) is 85.8 Å². The zero-order chi connectivity index (χ0) is 29.2. The van der Waals surface area contributed by atoms with Crippen molar-refractivity contribution in [2.45, 2.75) is 72.4 Å². The van der Waals surface area contributed by atoms with Crippen LogP contribution in [-0.2, 0) is 17.8 Å². The molecule has 0 saturated heterocycles. The van der Waals surface area contributed by atoms with E-state index in [-0.39, 0.29) is 13.2 Å². The number of benzene rings is 2. The van der Waals surface area contributed by atoms with Gasteiger partial charge in [-0.15, -0.1) is 0 Å². The van der Waals surface area contributed by atoms with Crippen LogP contribution in [0, 0.1) is 6.92 Å². The lowest BCUT2D eigenvalue weighted by atomic mass is 9.97. The van der Waals surface area contributed by atoms with Gasteiger partial charge in [-0.2, -0.15) is 4.98 Å². The second kappa shape index (κ2) is 14.9. The van der Waals surface area contributed by atoms with Crippen molar-refractivity contribution in [3.8, 4) is 28.6 Å². The first-order valence-electron chi connectivity index (χ1n) is 14.1. The van der Waals surface area contributed by atoms with Gasteiger partial charge in [-0.3, -0.25) is 4.79 Å². The van der Waals surface area contributed by atoms with Crippen LogP contribution in [0.15, 0.2) is 34.9 Å². The van der Waals surface area contributed by atoms with E-state index in [4.69, 9.17) is 19.4 Å². The summed E-state index contributed by atoms with van der Waals surface area (Å²) in [6.45, 7) is 11.8. The molecular weight excluding hydrogens is 508 g/mol. The fraction of sp³-hybridized carbons (Fsp3) is 0.516. The highest BCUT2D eigenvalue weighted by atomic mass is 16.5. The average Bonchev–Trinajstić information content (AvgIpc) is 3.44. The van der Waals surface area contributed by atoms with Gasteiger partial charge in [0.25, 0.3) is 5.89 Å². The quantitative estimate of drug-likeness (QED) is 0.252. The van der Waals surface area contributed by atoms with Gasteiger partial charge in [0.05, 0.1) is 0 Å². The van der Waals surface area contributed by atoms with Crippen molar-refractivity contribution in [3.05, 3.63) is 52.6 Å². The largest absolute Gasteiger partial charge is 0.490 e. The predicted molar refractivity (Wildman–Crippen MR) is 156 cm³/mol. The van der Waals surface area contributed by atoms with Crippen molar-refractivity contribution in [3.63, 3.8) is 0 Å². The van der Waals surface area contributed by atoms with Crippen LogP contribution >= 0.6 is 0 Å². The van der Waals surface area contributed by atoms with Gasteiger partial charge in [-0.1, -0.05) is 45.3 Å². The van der Waals surface area contributed by atoms with Crippen LogP contribution in [0.3, 0.4) is 0 Å². The summed E-state index contributed by atoms with van der Waals surface area (Å²) in [6.07, 6.45) is 2.15. The lowest BCUT2D eigenvalue weighted by Crippen LogP contribution is -2.36. The Hall–Kier alpha value is -3.27. The molecule has 1 aromatic heterocycles. The summed E-state index contributed by atoms with van der Waals surface area (Å²) >= 11 is 0. The van der Waals surface area contributed by atoms with Crippen LogP contribution in [0.4, 0.5) is 0 Å². The fourth-order valence-corrected chi connectivity index (χ4v) is 4.51. The number of nitrogens with one attached hydrogen (secondary N) is 1. The highest BCUT2D eigenvalue weighted by Gasteiger charge is 2.18. The number of hydrogen-bond donors (Lipinski definition) is 3. The molecule has 40 heavy (non-hydrogen) atoms. The number of aryl methyl sites for hydroxylation is 2. The van der Waals surface area contributed by atoms with Gasteiger partial charge in [0.15, 0.2) is 0 Å². The summed E-state index contributed by atoms with van der Waals surface area (Å²) in [6, 6.07) is 10.5. The molecule has 1 heterocycles. The van der Waals surface area contributed by atoms with Crippen molar-refractivity contribution >= 4 is 5.91 Å². The summed E-state index contributed by atoms with van der Waals surface area (Å²) in [4.78, 5) is 18.3. The summed E-state index contributed by atoms with van der Waals surface area (Å²) in [5.41, 5.74) is 6.03. The first-order valence-corrected chi connectivity index (χ1v) is 14.1. The minimum atomic E-state index is -0.906. The van der Waals surface area contributed by atoms with Crippen LogP contribution in [0.5, 0.6) is 5.75 Å². The molecule has 0 aliphatic carbocycles. The zero-order valence-electron chi connectivity index (χ0n) is 24.7. The molecule has 9 heteroatoms. The fourth-order valence-electron chi connectivity index (χ4n) is 4.51. The Labute approximate surface area is 237 Å². The molecule has 3 aromatic rings. The zero-order valence-corrected chi connectivity index (χ0v) is 24.7. The van der Waals surface area contributed by atoms with E-state index in [9.17, 15) is 9.90 Å². The van der Waals surface area contributed by atoms with Gasteiger partial charge in [0.1, 0.15) is 25.1 Å². The maximum absolute atomic E-state index is 11.2. The number of rotatable bonds is 15. The number of unbranched alkanes of at least 4 members (excludes halogenated alkanes) is 1. The monoisotopic (exact) mass is 552 g/mol. The van der Waals surface area contributed by atoms with Crippen LogP contribution in [0.25, 0.3) is 22.8 Å². The number of carbonyl (C=O) groups excluding carboxylic acids is 1. The van der Waals surface area contributed by atoms with E-state index in [1.807, 2.05) is 26.0 Å². The maximum atomic E-state index is 11.2. The molecule has 0 spiro atoms. The molecule has 3 N–H and O–H groups in total. The second-order valence-electron chi connectivity index (χ2n) is 10.7. The highest BCUT2D eigenvalue weighted by molar-refractivity contribution is 5.76. The Bertz CT molecular complexity index is 1260. The SMILES string of the molecule is CCCCN(C)Cc1cc(-c2nc(-c3cc(C)c(OC[C@@H](O)CNC(=O)CO)c(CC)c3)no2)cc(C(C)C)c1. The van der Waals surface area contributed by atoms with Gasteiger partial charge in [-0.25, -0.2) is 0 Å². The van der Waals surface area contributed by atoms with Crippen molar-refractivity contribution in [2.75, 3.05) is 33.4 Å². The van der Waals surface area contributed by atoms with Gasteiger partial charge >= 0.3 is 0 Å². The highest BCUT2D eigenvalue weighted by Crippen LogP contribution is 2.32. The predicted octanol–water partition coefficient (Wildman–Crippen LogP) is 4.48. The third kappa shape index (κ3) is 8.61. The van der Waals surface area contributed by atoms with Crippen LogP contribution < -0.4 is 10.1 Å². The third-order valence-corrected chi connectivity index (χ3v) is 6.79. The molecule has 2 aromatic carbocycles. The minimum absolute atomic E-state index is 0.00162. The number of nitrogens with zero attached hydrogens (tertiary/aromatic N) is 3. The van der Waals surface area contributed by atoms with E-state index in [0.717, 1.165) is 35.3 Å². The van der Waals surface area contributed by atoms with Gasteiger partial charge in [0.2, 0.25) is 11.7 Å². The van der Waals surface area contributed by atoms with Gasteiger partial charge < -0.3 is 29.7 Å². The Balaban J connectivity index is 1.82. The summed E-state index contributed by atoms with van der Waals surface area (Å²) < 4.78 is 11.7. The smallest absolute Gasteiger partial charge is 0.258 e. The molecule has 0 unspecified atom stereocenters. The third-order valence-electron chi connectivity index (χ3n) is 6.79. The molecule has 3 rings (SSSR count). The number of amides is 1. The van der Waals surface area contributed by atoms with E-state index in [0.29, 0.717) is 29.8 Å². The number of carbonyl (C=O) groups is 1. The van der Waals surface area contributed by atoms with E-state index in [1.54, 1.807) is 0 Å². The Kier molecular flexibility index (Phi) is 11.7. The maximum Gasteiger partial charge on any atom is 0.258 e. The number of ether oxygens (including phenoxy) is 1. The molecule has 1 amide bonds. The molecule has 0 fully saturated rings. The molecule has 0 radical (unpaired) electrons. The lowest BCUT2D eigenvalue weighted by molar-refractivity contribution is -0.124. The summed E-state index contributed by atoms with van der Waals surface area (Å²) in [5, 5.41) is 25.7. The Morgan fingerprint density at radius 3 is 2.60 bits per heavy atom. The van der Waals surface area contributed by atoms with Crippen molar-refractivity contribution in [2.24, 2.45) is 0 Å². The number of hydrogen-bond acceptors (Lipinski definition) is 8. The molecular formula is C31H44N4O5. The first kappa shape index (κ1) is 31.3. The van der Waals surface area contributed by atoms with Crippen molar-refractivity contribution < 1.29 is 24.3 Å². The standard InChI is InChI=1S/C31H44N4O5/c1-7-9-10-35(6)17-22-12-24(20(3)4)15-26(13-22)31-33-30(34-40-31)25-11-21(5)29(23(8-2)14-25)39-19-27(37)16-32-28(38)18-36/h11-15,20,27,36-37H,7-10,16-19H2,1-6H3,(H,32,38)/t27-/m0/s1. The number of aliphatic hydroxyl groups is 2. The van der Waals surface area contributed by atoms with Gasteiger partial charge in [0, 0.05) is 24.2 Å². The second-order valence-corrected chi connectivity index (χ2v) is 10.7. The molecule has 0 aliphatic rings. The van der Waals surface area contributed by atoms with Crippen LogP contribution in [0.2, 0.25) is 0 Å². The first-order chi connectivity index (χ1) is 19.1.